The highest BCUT2D eigenvalue weighted by atomic mass is 16.5. The summed E-state index contributed by atoms with van der Waals surface area (Å²) >= 11 is 0. The van der Waals surface area contributed by atoms with Gasteiger partial charge in [0.25, 0.3) is 0 Å². The zero-order chi connectivity index (χ0) is 15.4. The Balaban J connectivity index is 1.76. The minimum Gasteiger partial charge on any atom is -0.379 e. The van der Waals surface area contributed by atoms with Gasteiger partial charge in [0, 0.05) is 39.8 Å². The number of rotatable bonds is 3. The van der Waals surface area contributed by atoms with Crippen molar-refractivity contribution < 1.29 is 9.53 Å². The van der Waals surface area contributed by atoms with Crippen molar-refractivity contribution in [2.75, 3.05) is 46.4 Å². The molecule has 3 aliphatic rings. The summed E-state index contributed by atoms with van der Waals surface area (Å²) in [7, 11) is 2.00. The molecule has 5 nitrogen and oxygen atoms in total. The number of amides is 1. The van der Waals surface area contributed by atoms with Gasteiger partial charge in [0.15, 0.2) is 0 Å². The summed E-state index contributed by atoms with van der Waals surface area (Å²) in [5, 5.41) is 3.42. The van der Waals surface area contributed by atoms with E-state index in [-0.39, 0.29) is 11.6 Å². The largest absolute Gasteiger partial charge is 0.379 e. The van der Waals surface area contributed by atoms with Gasteiger partial charge in [-0.3, -0.25) is 9.69 Å². The third-order valence-electron chi connectivity index (χ3n) is 5.81. The Morgan fingerprint density at radius 2 is 1.91 bits per heavy atom. The SMILES string of the molecule is CN(C(=O)C1(N2CCNCC2)CCCCC1)C1CCCOC1. The van der Waals surface area contributed by atoms with Crippen LogP contribution in [0.1, 0.15) is 44.9 Å². The Hall–Kier alpha value is -0.650. The predicted molar refractivity (Wildman–Crippen MR) is 86.9 cm³/mol. The van der Waals surface area contributed by atoms with Crippen LogP contribution in [0.2, 0.25) is 0 Å². The summed E-state index contributed by atoms with van der Waals surface area (Å²) in [6, 6.07) is 0.267. The average molecular weight is 309 g/mol. The van der Waals surface area contributed by atoms with Crippen LogP contribution in [0.4, 0.5) is 0 Å². The van der Waals surface area contributed by atoms with E-state index in [1.54, 1.807) is 0 Å². The van der Waals surface area contributed by atoms with Crippen LogP contribution in [-0.2, 0) is 9.53 Å². The molecule has 0 radical (unpaired) electrons. The summed E-state index contributed by atoms with van der Waals surface area (Å²) in [5.74, 6) is 0.351. The molecule has 126 valence electrons. The van der Waals surface area contributed by atoms with E-state index in [0.717, 1.165) is 58.5 Å². The van der Waals surface area contributed by atoms with Gasteiger partial charge in [-0.05, 0) is 25.7 Å². The molecular formula is C17H31N3O2. The average Bonchev–Trinajstić information content (AvgIpc) is 2.62. The molecule has 0 aromatic heterocycles. The summed E-state index contributed by atoms with van der Waals surface area (Å²) < 4.78 is 5.60. The molecule has 2 heterocycles. The second-order valence-electron chi connectivity index (χ2n) is 7.12. The Bertz CT molecular complexity index is 370. The molecule has 3 rings (SSSR count). The molecule has 0 aromatic rings. The second kappa shape index (κ2) is 7.28. The lowest BCUT2D eigenvalue weighted by Crippen LogP contribution is -2.65. The number of carbonyl (C=O) groups excluding carboxylic acids is 1. The topological polar surface area (TPSA) is 44.8 Å². The van der Waals surface area contributed by atoms with Gasteiger partial charge in [0.2, 0.25) is 5.91 Å². The van der Waals surface area contributed by atoms with E-state index >= 15 is 0 Å². The molecule has 1 aliphatic carbocycles. The van der Waals surface area contributed by atoms with E-state index in [0.29, 0.717) is 12.5 Å². The zero-order valence-corrected chi connectivity index (χ0v) is 14.0. The molecule has 22 heavy (non-hydrogen) atoms. The first-order chi connectivity index (χ1) is 10.7. The van der Waals surface area contributed by atoms with Gasteiger partial charge in [-0.25, -0.2) is 0 Å². The molecule has 2 saturated heterocycles. The van der Waals surface area contributed by atoms with Crippen molar-refractivity contribution in [2.45, 2.75) is 56.5 Å². The lowest BCUT2D eigenvalue weighted by Gasteiger charge is -2.49. The third kappa shape index (κ3) is 3.17. The van der Waals surface area contributed by atoms with E-state index in [1.807, 2.05) is 11.9 Å². The lowest BCUT2D eigenvalue weighted by atomic mass is 9.78. The number of nitrogens with zero attached hydrogens (tertiary/aromatic N) is 2. The van der Waals surface area contributed by atoms with Crippen LogP contribution >= 0.6 is 0 Å². The van der Waals surface area contributed by atoms with Crippen molar-refractivity contribution in [1.29, 1.82) is 0 Å². The number of piperazine rings is 1. The van der Waals surface area contributed by atoms with Crippen molar-refractivity contribution in [3.05, 3.63) is 0 Å². The summed E-state index contributed by atoms with van der Waals surface area (Å²) in [5.41, 5.74) is -0.244. The van der Waals surface area contributed by atoms with Gasteiger partial charge < -0.3 is 15.0 Å². The first-order valence-corrected chi connectivity index (χ1v) is 9.05. The molecule has 2 aliphatic heterocycles. The van der Waals surface area contributed by atoms with E-state index in [1.165, 1.54) is 19.3 Å². The molecule has 0 aromatic carbocycles. The standard InChI is InChI=1S/C17H31N3O2/c1-19(15-6-5-13-22-14-15)16(21)17(7-3-2-4-8-17)20-11-9-18-10-12-20/h15,18H,2-14H2,1H3. The monoisotopic (exact) mass is 309 g/mol. The highest BCUT2D eigenvalue weighted by Gasteiger charge is 2.47. The Kier molecular flexibility index (Phi) is 5.37. The van der Waals surface area contributed by atoms with Crippen LogP contribution in [0, 0.1) is 0 Å². The van der Waals surface area contributed by atoms with Crippen LogP contribution in [0.25, 0.3) is 0 Å². The van der Waals surface area contributed by atoms with Crippen LogP contribution in [0.3, 0.4) is 0 Å². The number of carbonyl (C=O) groups is 1. The Morgan fingerprint density at radius 1 is 1.18 bits per heavy atom. The highest BCUT2D eigenvalue weighted by molar-refractivity contribution is 5.86. The van der Waals surface area contributed by atoms with Crippen molar-refractivity contribution in [3.8, 4) is 0 Å². The zero-order valence-electron chi connectivity index (χ0n) is 14.0. The van der Waals surface area contributed by atoms with Crippen LogP contribution in [0.15, 0.2) is 0 Å². The second-order valence-corrected chi connectivity index (χ2v) is 7.12. The number of hydrogen-bond acceptors (Lipinski definition) is 4. The highest BCUT2D eigenvalue weighted by Crippen LogP contribution is 2.36. The maximum atomic E-state index is 13.4. The minimum atomic E-state index is -0.244. The van der Waals surface area contributed by atoms with Gasteiger partial charge >= 0.3 is 0 Å². The first-order valence-electron chi connectivity index (χ1n) is 9.05. The predicted octanol–water partition coefficient (Wildman–Crippen LogP) is 1.23. The van der Waals surface area contributed by atoms with Gasteiger partial charge in [-0.15, -0.1) is 0 Å². The van der Waals surface area contributed by atoms with E-state index < -0.39 is 0 Å². The quantitative estimate of drug-likeness (QED) is 0.852. The van der Waals surface area contributed by atoms with Crippen molar-refractivity contribution in [2.24, 2.45) is 0 Å². The number of hydrogen-bond donors (Lipinski definition) is 1. The molecule has 1 unspecified atom stereocenters. The molecule has 0 bridgehead atoms. The van der Waals surface area contributed by atoms with Crippen LogP contribution in [-0.4, -0.2) is 73.7 Å². The van der Waals surface area contributed by atoms with Crippen LogP contribution in [0.5, 0.6) is 0 Å². The molecule has 1 atom stereocenters. The maximum Gasteiger partial charge on any atom is 0.243 e. The molecule has 1 N–H and O–H groups in total. The minimum absolute atomic E-state index is 0.244. The molecule has 1 saturated carbocycles. The molecule has 5 heteroatoms. The third-order valence-corrected chi connectivity index (χ3v) is 5.81. The first kappa shape index (κ1) is 16.2. The summed E-state index contributed by atoms with van der Waals surface area (Å²) in [4.78, 5) is 17.9. The van der Waals surface area contributed by atoms with E-state index in [2.05, 4.69) is 10.2 Å². The fourth-order valence-electron chi connectivity index (χ4n) is 4.42. The summed E-state index contributed by atoms with van der Waals surface area (Å²) in [6.07, 6.45) is 7.86. The van der Waals surface area contributed by atoms with Gasteiger partial charge in [-0.2, -0.15) is 0 Å². The van der Waals surface area contributed by atoms with Crippen molar-refractivity contribution in [3.63, 3.8) is 0 Å². The molecule has 3 fully saturated rings. The number of likely N-dealkylation sites (N-methyl/N-ethyl adjacent to an activating group) is 1. The number of ether oxygens (including phenoxy) is 1. The molecule has 1 amide bonds. The van der Waals surface area contributed by atoms with Crippen molar-refractivity contribution in [1.82, 2.24) is 15.1 Å². The normalized spacial score (nSPS) is 30.0. The van der Waals surface area contributed by atoms with E-state index in [4.69, 9.17) is 4.74 Å². The van der Waals surface area contributed by atoms with Gasteiger partial charge in [0.1, 0.15) is 5.54 Å². The van der Waals surface area contributed by atoms with Gasteiger partial charge in [0.05, 0.1) is 12.6 Å². The Morgan fingerprint density at radius 3 is 2.55 bits per heavy atom. The lowest BCUT2D eigenvalue weighted by molar-refractivity contribution is -0.151. The Labute approximate surface area is 134 Å². The van der Waals surface area contributed by atoms with Crippen molar-refractivity contribution >= 4 is 5.91 Å². The maximum absolute atomic E-state index is 13.4. The molecule has 0 spiro atoms. The van der Waals surface area contributed by atoms with E-state index in [9.17, 15) is 4.79 Å². The van der Waals surface area contributed by atoms with Crippen LogP contribution < -0.4 is 5.32 Å². The summed E-state index contributed by atoms with van der Waals surface area (Å²) in [6.45, 7) is 5.57. The fraction of sp³-hybridized carbons (Fsp3) is 0.941. The van der Waals surface area contributed by atoms with Gasteiger partial charge in [-0.1, -0.05) is 19.3 Å². The fourth-order valence-corrected chi connectivity index (χ4v) is 4.42. The smallest absolute Gasteiger partial charge is 0.243 e. The number of nitrogens with one attached hydrogen (secondary N) is 1. The molecular weight excluding hydrogens is 278 g/mol.